The van der Waals surface area contributed by atoms with Gasteiger partial charge in [-0.15, -0.1) is 0 Å². The predicted octanol–water partition coefficient (Wildman–Crippen LogP) is 0.470. The summed E-state index contributed by atoms with van der Waals surface area (Å²) in [5.41, 5.74) is 1.98. The summed E-state index contributed by atoms with van der Waals surface area (Å²) in [5.74, 6) is -0.122. The molecule has 2 N–H and O–H groups in total. The number of aryl methyl sites for hydroxylation is 2. The summed E-state index contributed by atoms with van der Waals surface area (Å²) >= 11 is 0. The molecule has 1 aromatic rings. The van der Waals surface area contributed by atoms with Gasteiger partial charge in [0, 0.05) is 19.0 Å². The minimum atomic E-state index is -3.55. The highest BCUT2D eigenvalue weighted by Gasteiger charge is 2.26. The first kappa shape index (κ1) is 13.0. The molecule has 0 aromatic heterocycles. The Hall–Kier alpha value is -1.40. The molecule has 1 aromatic carbocycles. The maximum absolute atomic E-state index is 12.1. The van der Waals surface area contributed by atoms with Crippen LogP contribution in [-0.4, -0.2) is 26.9 Å². The lowest BCUT2D eigenvalue weighted by atomic mass is 10.1. The first-order valence-electron chi connectivity index (χ1n) is 5.75. The second kappa shape index (κ2) is 4.70. The molecule has 0 bridgehead atoms. The van der Waals surface area contributed by atoms with Gasteiger partial charge in [-0.05, 0) is 37.1 Å². The quantitative estimate of drug-likeness (QED) is 0.836. The van der Waals surface area contributed by atoms with Gasteiger partial charge in [0.15, 0.2) is 0 Å². The van der Waals surface area contributed by atoms with E-state index in [1.165, 1.54) is 0 Å². The van der Waals surface area contributed by atoms with E-state index in [0.29, 0.717) is 6.54 Å². The molecule has 98 valence electrons. The lowest BCUT2D eigenvalue weighted by molar-refractivity contribution is -0.119. The van der Waals surface area contributed by atoms with Crippen molar-refractivity contribution in [3.8, 4) is 0 Å². The Kier molecular flexibility index (Phi) is 3.41. The van der Waals surface area contributed by atoms with E-state index < -0.39 is 10.0 Å². The van der Waals surface area contributed by atoms with Crippen LogP contribution in [0, 0.1) is 13.8 Å². The van der Waals surface area contributed by atoms with Gasteiger partial charge < -0.3 is 5.32 Å². The summed E-state index contributed by atoms with van der Waals surface area (Å²) in [4.78, 5) is 11.3. The van der Waals surface area contributed by atoms with E-state index >= 15 is 0 Å². The molecular formula is C12H16N2O3S. The molecular weight excluding hydrogens is 252 g/mol. The van der Waals surface area contributed by atoms with Crippen molar-refractivity contribution in [3.63, 3.8) is 0 Å². The Bertz CT molecular complexity index is 581. The zero-order valence-corrected chi connectivity index (χ0v) is 11.2. The van der Waals surface area contributed by atoms with Crippen molar-refractivity contribution < 1.29 is 13.2 Å². The summed E-state index contributed by atoms with van der Waals surface area (Å²) < 4.78 is 26.8. The van der Waals surface area contributed by atoms with E-state index in [1.807, 2.05) is 13.8 Å². The van der Waals surface area contributed by atoms with Crippen molar-refractivity contribution in [3.05, 3.63) is 29.3 Å². The van der Waals surface area contributed by atoms with Crippen molar-refractivity contribution >= 4 is 15.9 Å². The van der Waals surface area contributed by atoms with Crippen LogP contribution >= 0.6 is 0 Å². The SMILES string of the molecule is Cc1ccc(S(=O)(=O)N[C@@H]2CNC(=O)C2)cc1C. The fourth-order valence-corrected chi connectivity index (χ4v) is 3.18. The normalized spacial score (nSPS) is 19.9. The number of rotatable bonds is 3. The first-order valence-corrected chi connectivity index (χ1v) is 7.23. The molecule has 6 heteroatoms. The molecule has 18 heavy (non-hydrogen) atoms. The van der Waals surface area contributed by atoms with Crippen LogP contribution in [0.1, 0.15) is 17.5 Å². The Balaban J connectivity index is 2.20. The molecule has 1 fully saturated rings. The molecule has 1 heterocycles. The fraction of sp³-hybridized carbons (Fsp3) is 0.417. The second-order valence-electron chi connectivity index (χ2n) is 4.57. The number of carbonyl (C=O) groups is 1. The average Bonchev–Trinajstić information content (AvgIpc) is 2.67. The number of sulfonamides is 1. The lowest BCUT2D eigenvalue weighted by Crippen LogP contribution is -2.36. The van der Waals surface area contributed by atoms with Crippen LogP contribution in [0.4, 0.5) is 0 Å². The van der Waals surface area contributed by atoms with Crippen LogP contribution in [0.5, 0.6) is 0 Å². The Morgan fingerprint density at radius 1 is 1.28 bits per heavy atom. The summed E-state index contributed by atoms with van der Waals surface area (Å²) in [6.07, 6.45) is 0.198. The highest BCUT2D eigenvalue weighted by atomic mass is 32.2. The summed E-state index contributed by atoms with van der Waals surface area (Å²) in [6, 6.07) is 4.64. The van der Waals surface area contributed by atoms with Crippen molar-refractivity contribution in [2.24, 2.45) is 0 Å². The minimum absolute atomic E-state index is 0.122. The third kappa shape index (κ3) is 2.70. The predicted molar refractivity (Wildman–Crippen MR) is 67.7 cm³/mol. The van der Waals surface area contributed by atoms with E-state index in [4.69, 9.17) is 0 Å². The van der Waals surface area contributed by atoms with Gasteiger partial charge in [-0.2, -0.15) is 0 Å². The van der Waals surface area contributed by atoms with E-state index in [0.717, 1.165) is 11.1 Å². The zero-order chi connectivity index (χ0) is 13.3. The van der Waals surface area contributed by atoms with Gasteiger partial charge in [-0.1, -0.05) is 6.07 Å². The van der Waals surface area contributed by atoms with E-state index in [9.17, 15) is 13.2 Å². The molecule has 1 aliphatic rings. The fourth-order valence-electron chi connectivity index (χ4n) is 1.86. The number of benzene rings is 1. The van der Waals surface area contributed by atoms with E-state index in [2.05, 4.69) is 10.0 Å². The van der Waals surface area contributed by atoms with Crippen molar-refractivity contribution in [1.29, 1.82) is 0 Å². The van der Waals surface area contributed by atoms with Crippen LogP contribution in [0.3, 0.4) is 0 Å². The topological polar surface area (TPSA) is 75.3 Å². The van der Waals surface area contributed by atoms with Crippen molar-refractivity contribution in [2.75, 3.05) is 6.54 Å². The molecule has 2 rings (SSSR count). The second-order valence-corrected chi connectivity index (χ2v) is 6.29. The van der Waals surface area contributed by atoms with Gasteiger partial charge in [-0.25, -0.2) is 13.1 Å². The van der Waals surface area contributed by atoms with Crippen LogP contribution in [0.25, 0.3) is 0 Å². The monoisotopic (exact) mass is 268 g/mol. The molecule has 0 radical (unpaired) electrons. The van der Waals surface area contributed by atoms with Gasteiger partial charge in [0.1, 0.15) is 0 Å². The molecule has 0 saturated carbocycles. The highest BCUT2D eigenvalue weighted by molar-refractivity contribution is 7.89. The molecule has 5 nitrogen and oxygen atoms in total. The molecule has 1 aliphatic heterocycles. The van der Waals surface area contributed by atoms with Gasteiger partial charge >= 0.3 is 0 Å². The molecule has 1 atom stereocenters. The van der Waals surface area contributed by atoms with Crippen LogP contribution in [0.15, 0.2) is 23.1 Å². The first-order chi connectivity index (χ1) is 8.38. The number of nitrogens with one attached hydrogen (secondary N) is 2. The summed E-state index contributed by atoms with van der Waals surface area (Å²) in [7, 11) is -3.55. The van der Waals surface area contributed by atoms with Gasteiger partial charge in [-0.3, -0.25) is 4.79 Å². The third-order valence-corrected chi connectivity index (χ3v) is 4.61. The lowest BCUT2D eigenvalue weighted by Gasteiger charge is -2.12. The maximum atomic E-state index is 12.1. The smallest absolute Gasteiger partial charge is 0.240 e. The zero-order valence-electron chi connectivity index (χ0n) is 10.4. The van der Waals surface area contributed by atoms with Gasteiger partial charge in [0.05, 0.1) is 4.90 Å². The van der Waals surface area contributed by atoms with E-state index in [-0.39, 0.29) is 23.3 Å². The molecule has 1 amide bonds. The van der Waals surface area contributed by atoms with Gasteiger partial charge in [0.2, 0.25) is 15.9 Å². The molecule has 0 unspecified atom stereocenters. The van der Waals surface area contributed by atoms with Crippen LogP contribution in [-0.2, 0) is 14.8 Å². The number of amides is 1. The Morgan fingerprint density at radius 2 is 2.00 bits per heavy atom. The standard InChI is InChI=1S/C12H16N2O3S/c1-8-3-4-11(5-9(8)2)18(16,17)14-10-6-12(15)13-7-10/h3-5,10,14H,6-7H2,1-2H3,(H,13,15)/t10-/m0/s1. The van der Waals surface area contributed by atoms with Crippen LogP contribution < -0.4 is 10.0 Å². The third-order valence-electron chi connectivity index (χ3n) is 3.09. The highest BCUT2D eigenvalue weighted by Crippen LogP contribution is 2.15. The maximum Gasteiger partial charge on any atom is 0.240 e. The van der Waals surface area contributed by atoms with Gasteiger partial charge in [0.25, 0.3) is 0 Å². The molecule has 0 aliphatic carbocycles. The van der Waals surface area contributed by atoms with Crippen molar-refractivity contribution in [1.82, 2.24) is 10.0 Å². The largest absolute Gasteiger partial charge is 0.354 e. The summed E-state index contributed by atoms with van der Waals surface area (Å²) in [5, 5.41) is 2.60. The number of carbonyl (C=O) groups excluding carboxylic acids is 1. The van der Waals surface area contributed by atoms with E-state index in [1.54, 1.807) is 18.2 Å². The Labute approximate surface area is 107 Å². The summed E-state index contributed by atoms with van der Waals surface area (Å²) in [6.45, 7) is 4.15. The molecule has 0 spiro atoms. The van der Waals surface area contributed by atoms with Crippen LogP contribution in [0.2, 0.25) is 0 Å². The molecule has 1 saturated heterocycles. The minimum Gasteiger partial charge on any atom is -0.354 e. The number of hydrogen-bond donors (Lipinski definition) is 2. The Morgan fingerprint density at radius 3 is 2.56 bits per heavy atom. The van der Waals surface area contributed by atoms with Crippen molar-refractivity contribution in [2.45, 2.75) is 31.2 Å². The number of hydrogen-bond acceptors (Lipinski definition) is 3. The average molecular weight is 268 g/mol.